The lowest BCUT2D eigenvalue weighted by Gasteiger charge is -2.38. The third kappa shape index (κ3) is 4.77. The highest BCUT2D eigenvalue weighted by molar-refractivity contribution is 7.20. The van der Waals surface area contributed by atoms with Crippen molar-refractivity contribution in [3.63, 3.8) is 0 Å². The Morgan fingerprint density at radius 3 is 2.59 bits per heavy atom. The molecule has 3 aromatic rings. The van der Waals surface area contributed by atoms with Crippen LogP contribution in [0.5, 0.6) is 16.7 Å². The summed E-state index contributed by atoms with van der Waals surface area (Å²) in [4.78, 5) is 18.2. The van der Waals surface area contributed by atoms with Gasteiger partial charge in [0, 0.05) is 29.7 Å². The number of halogens is 1. The highest BCUT2D eigenvalue weighted by Crippen LogP contribution is 2.36. The second-order valence-electron chi connectivity index (χ2n) is 8.31. The standard InChI is InChI=1S/C23H25ClN4O3S/c24-14-1-8-20-21(11-14)32-23(27-20)31-19-6-4-18(5-7-19)30-10-9-28-16-2-3-17(28)13-15(12-16)26-22(25)29/h1,4-8,11,15-17H,2-3,9-10,12-13H2,(H3,25,26,29)/t15-,16-,17+. The van der Waals surface area contributed by atoms with Crippen LogP contribution in [0, 0.1) is 0 Å². The fraction of sp³-hybridized carbons (Fsp3) is 0.391. The number of primary amides is 1. The van der Waals surface area contributed by atoms with Gasteiger partial charge in [0.15, 0.2) is 0 Å². The molecule has 2 aromatic carbocycles. The molecule has 3 atom stereocenters. The maximum atomic E-state index is 11.2. The van der Waals surface area contributed by atoms with Gasteiger partial charge in [-0.15, -0.1) is 0 Å². The summed E-state index contributed by atoms with van der Waals surface area (Å²) in [5.74, 6) is 1.52. The first-order valence-corrected chi connectivity index (χ1v) is 12.0. The smallest absolute Gasteiger partial charge is 0.312 e. The number of thiazole rings is 1. The third-order valence-corrected chi connectivity index (χ3v) is 7.34. The van der Waals surface area contributed by atoms with Crippen LogP contribution in [-0.2, 0) is 0 Å². The second-order valence-corrected chi connectivity index (χ2v) is 9.74. The van der Waals surface area contributed by atoms with Gasteiger partial charge in [0.25, 0.3) is 5.19 Å². The van der Waals surface area contributed by atoms with Gasteiger partial charge in [-0.3, -0.25) is 4.90 Å². The molecule has 0 radical (unpaired) electrons. The first kappa shape index (κ1) is 21.3. The lowest BCUT2D eigenvalue weighted by Crippen LogP contribution is -2.52. The van der Waals surface area contributed by atoms with Gasteiger partial charge in [0.2, 0.25) is 0 Å². The van der Waals surface area contributed by atoms with Crippen molar-refractivity contribution >= 4 is 39.2 Å². The number of nitrogens with one attached hydrogen (secondary N) is 1. The van der Waals surface area contributed by atoms with Gasteiger partial charge in [-0.1, -0.05) is 22.9 Å². The summed E-state index contributed by atoms with van der Waals surface area (Å²) in [6.07, 6.45) is 4.27. The lowest BCUT2D eigenvalue weighted by atomic mass is 9.97. The van der Waals surface area contributed by atoms with Gasteiger partial charge in [-0.25, -0.2) is 9.78 Å². The molecule has 0 unspecified atom stereocenters. The van der Waals surface area contributed by atoms with E-state index >= 15 is 0 Å². The first-order chi connectivity index (χ1) is 15.5. The van der Waals surface area contributed by atoms with Gasteiger partial charge < -0.3 is 20.5 Å². The number of amides is 2. The number of hydrogen-bond acceptors (Lipinski definition) is 6. The third-order valence-electron chi connectivity index (χ3n) is 6.21. The zero-order valence-corrected chi connectivity index (χ0v) is 19.1. The zero-order chi connectivity index (χ0) is 22.1. The second kappa shape index (κ2) is 9.13. The number of urea groups is 1. The largest absolute Gasteiger partial charge is 0.492 e. The molecule has 2 amide bonds. The molecular weight excluding hydrogens is 448 g/mol. The minimum Gasteiger partial charge on any atom is -0.492 e. The number of piperidine rings is 1. The van der Waals surface area contributed by atoms with Crippen molar-refractivity contribution in [3.8, 4) is 16.7 Å². The average Bonchev–Trinajstić information content (AvgIpc) is 3.25. The van der Waals surface area contributed by atoms with Gasteiger partial charge >= 0.3 is 6.03 Å². The van der Waals surface area contributed by atoms with E-state index in [0.717, 1.165) is 35.4 Å². The van der Waals surface area contributed by atoms with E-state index in [0.29, 0.717) is 34.7 Å². The summed E-state index contributed by atoms with van der Waals surface area (Å²) < 4.78 is 12.9. The highest BCUT2D eigenvalue weighted by Gasteiger charge is 2.40. The van der Waals surface area contributed by atoms with Crippen molar-refractivity contribution in [2.75, 3.05) is 13.2 Å². The Balaban J connectivity index is 1.12. The SMILES string of the molecule is NC(=O)N[C@@H]1C[C@H]2CC[C@@H](C1)N2CCOc1ccc(Oc2nc3ccc(Cl)cc3s2)cc1. The summed E-state index contributed by atoms with van der Waals surface area (Å²) in [7, 11) is 0. The number of aromatic nitrogens is 1. The molecule has 0 aliphatic carbocycles. The number of carbonyl (C=O) groups excluding carboxylic acids is 1. The van der Waals surface area contributed by atoms with E-state index in [2.05, 4.69) is 15.2 Å². The number of benzene rings is 2. The quantitative estimate of drug-likeness (QED) is 0.516. The van der Waals surface area contributed by atoms with Crippen LogP contribution in [0.1, 0.15) is 25.7 Å². The molecule has 2 fully saturated rings. The normalized spacial score (nSPS) is 22.7. The summed E-state index contributed by atoms with van der Waals surface area (Å²) in [6.45, 7) is 1.50. The maximum Gasteiger partial charge on any atom is 0.312 e. The number of carbonyl (C=O) groups is 1. The molecule has 168 valence electrons. The molecule has 0 spiro atoms. The van der Waals surface area contributed by atoms with Crippen molar-refractivity contribution < 1.29 is 14.3 Å². The van der Waals surface area contributed by atoms with Crippen molar-refractivity contribution in [3.05, 3.63) is 47.5 Å². The van der Waals surface area contributed by atoms with E-state index < -0.39 is 6.03 Å². The molecule has 2 saturated heterocycles. The van der Waals surface area contributed by atoms with Crippen LogP contribution in [-0.4, -0.2) is 47.2 Å². The minimum atomic E-state index is -0.425. The van der Waals surface area contributed by atoms with Crippen molar-refractivity contribution in [1.29, 1.82) is 0 Å². The molecule has 2 aliphatic heterocycles. The Morgan fingerprint density at radius 2 is 1.88 bits per heavy atom. The highest BCUT2D eigenvalue weighted by atomic mass is 35.5. The maximum absolute atomic E-state index is 11.2. The van der Waals surface area contributed by atoms with Gasteiger partial charge in [-0.05, 0) is 68.1 Å². The topological polar surface area (TPSA) is 89.7 Å². The van der Waals surface area contributed by atoms with Crippen LogP contribution in [0.15, 0.2) is 42.5 Å². The summed E-state index contributed by atoms with van der Waals surface area (Å²) in [5.41, 5.74) is 6.16. The van der Waals surface area contributed by atoms with E-state index in [1.54, 1.807) is 0 Å². The molecule has 5 rings (SSSR count). The summed E-state index contributed by atoms with van der Waals surface area (Å²) >= 11 is 7.51. The lowest BCUT2D eigenvalue weighted by molar-refractivity contribution is 0.1000. The molecule has 7 nitrogen and oxygen atoms in total. The molecule has 9 heteroatoms. The molecular formula is C23H25ClN4O3S. The van der Waals surface area contributed by atoms with Crippen molar-refractivity contribution in [2.45, 2.75) is 43.8 Å². The number of nitrogens with two attached hydrogens (primary N) is 1. The van der Waals surface area contributed by atoms with Crippen LogP contribution in [0.2, 0.25) is 5.02 Å². The summed E-state index contributed by atoms with van der Waals surface area (Å²) in [6, 6.07) is 14.0. The molecule has 3 N–H and O–H groups in total. The molecule has 0 saturated carbocycles. The van der Waals surface area contributed by atoms with Crippen LogP contribution >= 0.6 is 22.9 Å². The monoisotopic (exact) mass is 472 g/mol. The Morgan fingerprint density at radius 1 is 1.16 bits per heavy atom. The average molecular weight is 473 g/mol. The van der Waals surface area contributed by atoms with Crippen LogP contribution < -0.4 is 20.5 Å². The number of fused-ring (bicyclic) bond motifs is 3. The Hall–Kier alpha value is -2.55. The van der Waals surface area contributed by atoms with Crippen LogP contribution in [0.3, 0.4) is 0 Å². The van der Waals surface area contributed by atoms with Crippen LogP contribution in [0.25, 0.3) is 10.2 Å². The van der Waals surface area contributed by atoms with E-state index in [-0.39, 0.29) is 6.04 Å². The first-order valence-electron chi connectivity index (χ1n) is 10.8. The fourth-order valence-electron chi connectivity index (χ4n) is 4.85. The number of nitrogens with zero attached hydrogens (tertiary/aromatic N) is 2. The number of rotatable bonds is 7. The fourth-order valence-corrected chi connectivity index (χ4v) is 5.96. The summed E-state index contributed by atoms with van der Waals surface area (Å²) in [5, 5.41) is 4.15. The molecule has 2 bridgehead atoms. The van der Waals surface area contributed by atoms with E-state index in [9.17, 15) is 4.79 Å². The van der Waals surface area contributed by atoms with Crippen LogP contribution in [0.4, 0.5) is 4.79 Å². The van der Waals surface area contributed by atoms with E-state index in [1.165, 1.54) is 24.2 Å². The van der Waals surface area contributed by atoms with Crippen molar-refractivity contribution in [1.82, 2.24) is 15.2 Å². The Labute approximate surface area is 195 Å². The van der Waals surface area contributed by atoms with Crippen molar-refractivity contribution in [2.24, 2.45) is 5.73 Å². The number of ether oxygens (including phenoxy) is 2. The van der Waals surface area contributed by atoms with E-state index in [1.807, 2.05) is 42.5 Å². The van der Waals surface area contributed by atoms with Gasteiger partial charge in [0.05, 0.1) is 10.2 Å². The van der Waals surface area contributed by atoms with Gasteiger partial charge in [0.1, 0.15) is 18.1 Å². The Bertz CT molecular complexity index is 1090. The molecule has 32 heavy (non-hydrogen) atoms. The number of hydrogen-bond donors (Lipinski definition) is 2. The predicted molar refractivity (Wildman–Crippen MR) is 126 cm³/mol. The minimum absolute atomic E-state index is 0.196. The molecule has 3 heterocycles. The Kier molecular flexibility index (Phi) is 6.08. The zero-order valence-electron chi connectivity index (χ0n) is 17.5. The molecule has 2 aliphatic rings. The van der Waals surface area contributed by atoms with E-state index in [4.69, 9.17) is 26.8 Å². The van der Waals surface area contributed by atoms with Gasteiger partial charge in [-0.2, -0.15) is 0 Å². The molecule has 1 aromatic heterocycles. The predicted octanol–water partition coefficient (Wildman–Crippen LogP) is 4.78.